The topological polar surface area (TPSA) is 58.4 Å². The van der Waals surface area contributed by atoms with Crippen molar-refractivity contribution < 1.29 is 9.21 Å². The Labute approximate surface area is 123 Å². The minimum absolute atomic E-state index is 0.00953. The third kappa shape index (κ3) is 2.31. The lowest BCUT2D eigenvalue weighted by Crippen LogP contribution is -2.57. The molecule has 1 amide bonds. The molecule has 0 radical (unpaired) electrons. The molecule has 0 unspecified atom stereocenters. The molecule has 3 fully saturated rings. The number of carbonyl (C=O) groups excluding carboxylic acids is 1. The number of benzene rings is 1. The fourth-order valence-electron chi connectivity index (χ4n) is 3.56. The Morgan fingerprint density at radius 2 is 2.19 bits per heavy atom. The molecule has 1 aromatic heterocycles. The highest BCUT2D eigenvalue weighted by Gasteiger charge is 2.34. The summed E-state index contributed by atoms with van der Waals surface area (Å²) < 4.78 is 5.50. The number of aryl methyl sites for hydroxylation is 1. The molecule has 21 heavy (non-hydrogen) atoms. The molecule has 5 rings (SSSR count). The van der Waals surface area contributed by atoms with Crippen molar-refractivity contribution >= 4 is 17.0 Å². The number of aromatic nitrogens is 1. The van der Waals surface area contributed by atoms with E-state index in [0.717, 1.165) is 12.1 Å². The molecule has 0 saturated carbocycles. The van der Waals surface area contributed by atoms with Gasteiger partial charge in [0.2, 0.25) is 0 Å². The van der Waals surface area contributed by atoms with Gasteiger partial charge < -0.3 is 14.6 Å². The number of nitrogens with zero attached hydrogens (tertiary/aromatic N) is 2. The zero-order valence-corrected chi connectivity index (χ0v) is 12.1. The van der Waals surface area contributed by atoms with E-state index < -0.39 is 0 Å². The summed E-state index contributed by atoms with van der Waals surface area (Å²) in [5.74, 6) is 1.25. The normalized spacial score (nSPS) is 28.0. The van der Waals surface area contributed by atoms with E-state index in [2.05, 4.69) is 15.2 Å². The van der Waals surface area contributed by atoms with E-state index in [9.17, 15) is 4.79 Å². The molecule has 3 saturated heterocycles. The van der Waals surface area contributed by atoms with Crippen molar-refractivity contribution in [1.82, 2.24) is 15.2 Å². The number of carbonyl (C=O) groups is 1. The summed E-state index contributed by atoms with van der Waals surface area (Å²) >= 11 is 0. The molecule has 4 heterocycles. The molecule has 5 heteroatoms. The Hall–Kier alpha value is -1.88. The van der Waals surface area contributed by atoms with Crippen molar-refractivity contribution in [3.05, 3.63) is 29.7 Å². The third-order valence-corrected chi connectivity index (χ3v) is 4.73. The summed E-state index contributed by atoms with van der Waals surface area (Å²) in [6.07, 6.45) is 2.40. The minimum atomic E-state index is -0.00953. The Balaban J connectivity index is 1.53. The average Bonchev–Trinajstić information content (AvgIpc) is 2.87. The van der Waals surface area contributed by atoms with Gasteiger partial charge in [-0.05, 0) is 50.0 Å². The van der Waals surface area contributed by atoms with Crippen LogP contribution in [0.15, 0.2) is 22.6 Å². The van der Waals surface area contributed by atoms with Crippen LogP contribution < -0.4 is 5.32 Å². The van der Waals surface area contributed by atoms with Crippen LogP contribution in [-0.4, -0.2) is 41.5 Å². The fraction of sp³-hybridized carbons (Fsp3) is 0.500. The smallest absolute Gasteiger partial charge is 0.251 e. The van der Waals surface area contributed by atoms with E-state index in [-0.39, 0.29) is 11.9 Å². The van der Waals surface area contributed by atoms with Crippen LogP contribution in [0.1, 0.15) is 29.1 Å². The van der Waals surface area contributed by atoms with Crippen LogP contribution >= 0.6 is 0 Å². The third-order valence-electron chi connectivity index (χ3n) is 4.73. The van der Waals surface area contributed by atoms with E-state index in [1.807, 2.05) is 19.1 Å². The molecule has 0 spiro atoms. The first kappa shape index (κ1) is 12.8. The van der Waals surface area contributed by atoms with Crippen LogP contribution in [0, 0.1) is 12.8 Å². The monoisotopic (exact) mass is 285 g/mol. The number of rotatable bonds is 2. The quantitative estimate of drug-likeness (QED) is 0.916. The number of fused-ring (bicyclic) bond motifs is 4. The molecule has 110 valence electrons. The average molecular weight is 285 g/mol. The van der Waals surface area contributed by atoms with Crippen LogP contribution in [-0.2, 0) is 0 Å². The van der Waals surface area contributed by atoms with Gasteiger partial charge in [0.05, 0.1) is 0 Å². The second-order valence-electron chi connectivity index (χ2n) is 6.13. The summed E-state index contributed by atoms with van der Waals surface area (Å²) in [6.45, 7) is 5.16. The van der Waals surface area contributed by atoms with Gasteiger partial charge in [-0.1, -0.05) is 0 Å². The number of hydrogen-bond acceptors (Lipinski definition) is 4. The van der Waals surface area contributed by atoms with Crippen LogP contribution in [0.2, 0.25) is 0 Å². The number of nitrogens with one attached hydrogen (secondary N) is 1. The van der Waals surface area contributed by atoms with E-state index in [1.165, 1.54) is 25.9 Å². The number of amides is 1. The maximum Gasteiger partial charge on any atom is 0.251 e. The molecular weight excluding hydrogens is 266 g/mol. The second-order valence-corrected chi connectivity index (χ2v) is 6.13. The highest BCUT2D eigenvalue weighted by atomic mass is 16.3. The van der Waals surface area contributed by atoms with Crippen molar-refractivity contribution in [1.29, 1.82) is 0 Å². The number of piperidine rings is 3. The first-order chi connectivity index (χ1) is 10.2. The highest BCUT2D eigenvalue weighted by molar-refractivity contribution is 5.97. The lowest BCUT2D eigenvalue weighted by atomic mass is 9.84. The van der Waals surface area contributed by atoms with Gasteiger partial charge in [0.15, 0.2) is 11.5 Å². The van der Waals surface area contributed by atoms with E-state index in [4.69, 9.17) is 4.42 Å². The largest absolute Gasteiger partial charge is 0.441 e. The Bertz CT molecular complexity index is 686. The van der Waals surface area contributed by atoms with Crippen molar-refractivity contribution in [2.75, 3.05) is 19.6 Å². The molecule has 3 aliphatic heterocycles. The van der Waals surface area contributed by atoms with Crippen LogP contribution in [0.25, 0.3) is 11.1 Å². The van der Waals surface area contributed by atoms with Gasteiger partial charge in [0, 0.05) is 25.1 Å². The van der Waals surface area contributed by atoms with Gasteiger partial charge in [-0.3, -0.25) is 4.79 Å². The zero-order valence-electron chi connectivity index (χ0n) is 12.1. The van der Waals surface area contributed by atoms with Gasteiger partial charge >= 0.3 is 0 Å². The minimum Gasteiger partial charge on any atom is -0.441 e. The van der Waals surface area contributed by atoms with Crippen LogP contribution in [0.3, 0.4) is 0 Å². The van der Waals surface area contributed by atoms with Crippen molar-refractivity contribution in [3.63, 3.8) is 0 Å². The number of oxazole rings is 1. The van der Waals surface area contributed by atoms with Gasteiger partial charge in [-0.15, -0.1) is 0 Å². The van der Waals surface area contributed by atoms with Crippen molar-refractivity contribution in [2.45, 2.75) is 25.8 Å². The molecule has 2 bridgehead atoms. The second kappa shape index (κ2) is 4.84. The Morgan fingerprint density at radius 3 is 2.90 bits per heavy atom. The molecule has 1 aromatic carbocycles. The Morgan fingerprint density at radius 1 is 1.38 bits per heavy atom. The number of hydrogen-bond donors (Lipinski definition) is 1. The van der Waals surface area contributed by atoms with E-state index in [0.29, 0.717) is 23.0 Å². The summed E-state index contributed by atoms with van der Waals surface area (Å²) in [4.78, 5) is 19.1. The summed E-state index contributed by atoms with van der Waals surface area (Å²) in [7, 11) is 0. The predicted octanol–water partition coefficient (Wildman–Crippen LogP) is 1.96. The zero-order chi connectivity index (χ0) is 14.4. The van der Waals surface area contributed by atoms with Crippen molar-refractivity contribution in [2.24, 2.45) is 5.92 Å². The standard InChI is InChI=1S/C16H19N3O2/c1-10-17-13-3-2-12(8-15(13)21-10)16(20)18-14-9-19-6-4-11(14)5-7-19/h2-3,8,11,14H,4-7,9H2,1H3,(H,18,20)/t14-/m1/s1. The fourth-order valence-corrected chi connectivity index (χ4v) is 3.56. The SMILES string of the molecule is Cc1nc2ccc(C(=O)N[C@@H]3CN4CCC3CC4)cc2o1. The molecule has 3 aliphatic rings. The maximum atomic E-state index is 12.4. The van der Waals surface area contributed by atoms with Crippen molar-refractivity contribution in [3.8, 4) is 0 Å². The lowest BCUT2D eigenvalue weighted by Gasteiger charge is -2.44. The highest BCUT2D eigenvalue weighted by Crippen LogP contribution is 2.27. The predicted molar refractivity (Wildman–Crippen MR) is 79.2 cm³/mol. The van der Waals surface area contributed by atoms with Gasteiger partial charge in [0.25, 0.3) is 5.91 Å². The molecule has 1 atom stereocenters. The first-order valence-electron chi connectivity index (χ1n) is 7.59. The summed E-state index contributed by atoms with van der Waals surface area (Å²) in [5, 5.41) is 3.20. The van der Waals surface area contributed by atoms with E-state index in [1.54, 1.807) is 6.07 Å². The maximum absolute atomic E-state index is 12.4. The molecular formula is C16H19N3O2. The Kier molecular flexibility index (Phi) is 2.96. The van der Waals surface area contributed by atoms with Gasteiger partial charge in [-0.25, -0.2) is 4.98 Å². The van der Waals surface area contributed by atoms with Gasteiger partial charge in [0.1, 0.15) is 5.52 Å². The van der Waals surface area contributed by atoms with Crippen LogP contribution in [0.4, 0.5) is 0 Å². The first-order valence-corrected chi connectivity index (χ1v) is 7.59. The van der Waals surface area contributed by atoms with Crippen LogP contribution in [0.5, 0.6) is 0 Å². The molecule has 2 aromatic rings. The van der Waals surface area contributed by atoms with Gasteiger partial charge in [-0.2, -0.15) is 0 Å². The molecule has 1 N–H and O–H groups in total. The van der Waals surface area contributed by atoms with E-state index >= 15 is 0 Å². The molecule has 0 aliphatic carbocycles. The molecule has 5 nitrogen and oxygen atoms in total. The lowest BCUT2D eigenvalue weighted by molar-refractivity contribution is 0.0620. The summed E-state index contributed by atoms with van der Waals surface area (Å²) in [6, 6.07) is 5.73. The summed E-state index contributed by atoms with van der Waals surface area (Å²) in [5.41, 5.74) is 2.12.